The zero-order valence-corrected chi connectivity index (χ0v) is 10.1. The van der Waals surface area contributed by atoms with Crippen LogP contribution in [0.3, 0.4) is 0 Å². The molecule has 0 saturated heterocycles. The van der Waals surface area contributed by atoms with Crippen LogP contribution in [0.4, 0.5) is 4.39 Å². The van der Waals surface area contributed by atoms with Crippen molar-refractivity contribution < 1.29 is 14.3 Å². The number of carbonyl (C=O) groups is 1. The maximum atomic E-state index is 13.1. The third-order valence-electron chi connectivity index (χ3n) is 2.60. The van der Waals surface area contributed by atoms with Crippen LogP contribution in [0, 0.1) is 17.1 Å². The van der Waals surface area contributed by atoms with Gasteiger partial charge in [0.2, 0.25) is 0 Å². The van der Waals surface area contributed by atoms with E-state index in [4.69, 9.17) is 10.4 Å². The van der Waals surface area contributed by atoms with Gasteiger partial charge in [-0.15, -0.1) is 0 Å². The number of nitrogens with zero attached hydrogens (tertiary/aromatic N) is 1. The van der Waals surface area contributed by atoms with Crippen molar-refractivity contribution in [3.8, 4) is 6.07 Å². The van der Waals surface area contributed by atoms with E-state index in [1.165, 1.54) is 18.2 Å². The standard InChI is InChI=1S/C13H15FN2O2/c1-2-3-12(13(17)18)16-8-10-6-11(14)5-4-9(10)7-15/h4-6,12,16H,2-3,8H2,1H3,(H,17,18). The van der Waals surface area contributed by atoms with Crippen molar-refractivity contribution >= 4 is 5.97 Å². The van der Waals surface area contributed by atoms with Gasteiger partial charge in [0, 0.05) is 6.54 Å². The Morgan fingerprint density at radius 3 is 2.89 bits per heavy atom. The van der Waals surface area contributed by atoms with Gasteiger partial charge in [0.25, 0.3) is 0 Å². The van der Waals surface area contributed by atoms with Crippen LogP contribution in [0.15, 0.2) is 18.2 Å². The Balaban J connectivity index is 2.75. The molecule has 96 valence electrons. The number of nitriles is 1. The van der Waals surface area contributed by atoms with Gasteiger partial charge >= 0.3 is 5.97 Å². The fraction of sp³-hybridized carbons (Fsp3) is 0.385. The van der Waals surface area contributed by atoms with Crippen LogP contribution in [0.1, 0.15) is 30.9 Å². The SMILES string of the molecule is CCCC(NCc1cc(F)ccc1C#N)C(=O)O. The molecule has 0 saturated carbocycles. The van der Waals surface area contributed by atoms with Crippen molar-refractivity contribution in [3.05, 3.63) is 35.1 Å². The van der Waals surface area contributed by atoms with Crippen LogP contribution < -0.4 is 5.32 Å². The maximum Gasteiger partial charge on any atom is 0.320 e. The summed E-state index contributed by atoms with van der Waals surface area (Å²) in [6.45, 7) is 2.05. The lowest BCUT2D eigenvalue weighted by Gasteiger charge is -2.14. The second-order valence-corrected chi connectivity index (χ2v) is 3.97. The highest BCUT2D eigenvalue weighted by Gasteiger charge is 2.16. The van der Waals surface area contributed by atoms with Crippen molar-refractivity contribution in [2.45, 2.75) is 32.4 Å². The molecule has 0 bridgehead atoms. The minimum Gasteiger partial charge on any atom is -0.480 e. The first-order chi connectivity index (χ1) is 8.58. The first kappa shape index (κ1) is 14.1. The number of carboxylic acids is 1. The molecule has 0 aliphatic rings. The molecule has 0 heterocycles. The highest BCUT2D eigenvalue weighted by molar-refractivity contribution is 5.73. The van der Waals surface area contributed by atoms with Gasteiger partial charge in [-0.1, -0.05) is 13.3 Å². The Morgan fingerprint density at radius 1 is 1.61 bits per heavy atom. The number of hydrogen-bond donors (Lipinski definition) is 2. The number of hydrogen-bond acceptors (Lipinski definition) is 3. The molecule has 5 heteroatoms. The first-order valence-electron chi connectivity index (χ1n) is 5.73. The summed E-state index contributed by atoms with van der Waals surface area (Å²) in [5, 5.41) is 20.7. The van der Waals surface area contributed by atoms with E-state index in [1.807, 2.05) is 13.0 Å². The molecular weight excluding hydrogens is 235 g/mol. The van der Waals surface area contributed by atoms with Crippen molar-refractivity contribution in [1.82, 2.24) is 5.32 Å². The summed E-state index contributed by atoms with van der Waals surface area (Å²) in [5.41, 5.74) is 0.824. The predicted octanol–water partition coefficient (Wildman–Crippen LogP) is 2.04. The van der Waals surface area contributed by atoms with Gasteiger partial charge in [0.05, 0.1) is 11.6 Å². The van der Waals surface area contributed by atoms with Crippen LogP contribution >= 0.6 is 0 Å². The van der Waals surface area contributed by atoms with Gasteiger partial charge in [0.15, 0.2) is 0 Å². The number of benzene rings is 1. The van der Waals surface area contributed by atoms with Crippen molar-refractivity contribution in [2.24, 2.45) is 0 Å². The first-order valence-corrected chi connectivity index (χ1v) is 5.73. The maximum absolute atomic E-state index is 13.1. The molecule has 1 aromatic rings. The smallest absolute Gasteiger partial charge is 0.320 e. The van der Waals surface area contributed by atoms with Crippen LogP contribution in [0.5, 0.6) is 0 Å². The van der Waals surface area contributed by atoms with E-state index in [0.717, 1.165) is 6.42 Å². The molecule has 1 unspecified atom stereocenters. The van der Waals surface area contributed by atoms with Gasteiger partial charge in [-0.25, -0.2) is 4.39 Å². The zero-order chi connectivity index (χ0) is 13.5. The van der Waals surface area contributed by atoms with E-state index >= 15 is 0 Å². The lowest BCUT2D eigenvalue weighted by atomic mass is 10.1. The highest BCUT2D eigenvalue weighted by Crippen LogP contribution is 2.11. The number of aliphatic carboxylic acids is 1. The number of nitrogens with one attached hydrogen (secondary N) is 1. The fourth-order valence-corrected chi connectivity index (χ4v) is 1.65. The highest BCUT2D eigenvalue weighted by atomic mass is 19.1. The van der Waals surface area contributed by atoms with Crippen molar-refractivity contribution in [2.75, 3.05) is 0 Å². The molecule has 0 aromatic heterocycles. The molecule has 1 aromatic carbocycles. The van der Waals surface area contributed by atoms with Crippen molar-refractivity contribution in [1.29, 1.82) is 5.26 Å². The summed E-state index contributed by atoms with van der Waals surface area (Å²) < 4.78 is 13.1. The number of rotatable bonds is 6. The van der Waals surface area contributed by atoms with Crippen LogP contribution in [-0.4, -0.2) is 17.1 Å². The summed E-state index contributed by atoms with van der Waals surface area (Å²) in [5.74, 6) is -1.38. The van der Waals surface area contributed by atoms with E-state index in [9.17, 15) is 9.18 Å². The second-order valence-electron chi connectivity index (χ2n) is 3.97. The summed E-state index contributed by atoms with van der Waals surface area (Å²) in [7, 11) is 0. The molecule has 1 rings (SSSR count). The molecule has 2 N–H and O–H groups in total. The van der Waals surface area contributed by atoms with Gasteiger partial charge < -0.3 is 10.4 Å². The van der Waals surface area contributed by atoms with E-state index in [0.29, 0.717) is 17.5 Å². The molecule has 0 fully saturated rings. The molecule has 0 radical (unpaired) electrons. The Bertz CT molecular complexity index is 469. The van der Waals surface area contributed by atoms with E-state index < -0.39 is 17.8 Å². The van der Waals surface area contributed by atoms with Gasteiger partial charge in [-0.2, -0.15) is 5.26 Å². The molecule has 1 atom stereocenters. The normalized spacial score (nSPS) is 11.8. The topological polar surface area (TPSA) is 73.1 Å². The van der Waals surface area contributed by atoms with E-state index in [-0.39, 0.29) is 6.54 Å². The summed E-state index contributed by atoms with van der Waals surface area (Å²) in [4.78, 5) is 10.9. The molecule has 0 aliphatic heterocycles. The molecule has 0 amide bonds. The minimum absolute atomic E-state index is 0.164. The molecular formula is C13H15FN2O2. The quantitative estimate of drug-likeness (QED) is 0.810. The Kier molecular flexibility index (Phi) is 5.28. The van der Waals surface area contributed by atoms with Gasteiger partial charge in [-0.05, 0) is 30.2 Å². The zero-order valence-electron chi connectivity index (χ0n) is 10.1. The van der Waals surface area contributed by atoms with Crippen molar-refractivity contribution in [3.63, 3.8) is 0 Å². The Morgan fingerprint density at radius 2 is 2.33 bits per heavy atom. The average molecular weight is 250 g/mol. The Hall–Kier alpha value is -1.93. The summed E-state index contributed by atoms with van der Waals surface area (Å²) in [6, 6.07) is 5.13. The minimum atomic E-state index is -0.938. The van der Waals surface area contributed by atoms with Gasteiger partial charge in [-0.3, -0.25) is 4.79 Å². The summed E-state index contributed by atoms with van der Waals surface area (Å²) >= 11 is 0. The fourth-order valence-electron chi connectivity index (χ4n) is 1.65. The van der Waals surface area contributed by atoms with E-state index in [1.54, 1.807) is 0 Å². The third kappa shape index (κ3) is 3.82. The van der Waals surface area contributed by atoms with Gasteiger partial charge in [0.1, 0.15) is 11.9 Å². The van der Waals surface area contributed by atoms with Crippen LogP contribution in [0.25, 0.3) is 0 Å². The van der Waals surface area contributed by atoms with Crippen LogP contribution in [-0.2, 0) is 11.3 Å². The number of halogens is 1. The molecule has 18 heavy (non-hydrogen) atoms. The van der Waals surface area contributed by atoms with E-state index in [2.05, 4.69) is 5.32 Å². The lowest BCUT2D eigenvalue weighted by Crippen LogP contribution is -2.36. The third-order valence-corrected chi connectivity index (χ3v) is 2.60. The predicted molar refractivity (Wildman–Crippen MR) is 64.3 cm³/mol. The monoisotopic (exact) mass is 250 g/mol. The molecule has 0 spiro atoms. The lowest BCUT2D eigenvalue weighted by molar-refractivity contribution is -0.139. The molecule has 0 aliphatic carbocycles. The van der Waals surface area contributed by atoms with Crippen LogP contribution in [0.2, 0.25) is 0 Å². The molecule has 4 nitrogen and oxygen atoms in total. The number of carboxylic acid groups (broad SMARTS) is 1. The average Bonchev–Trinajstić information content (AvgIpc) is 2.34. The second kappa shape index (κ2) is 6.72. The Labute approximate surface area is 105 Å². The summed E-state index contributed by atoms with van der Waals surface area (Å²) in [6.07, 6.45) is 1.23. The largest absolute Gasteiger partial charge is 0.480 e.